The van der Waals surface area contributed by atoms with Crippen LogP contribution in [0.15, 0.2) is 36.5 Å². The van der Waals surface area contributed by atoms with E-state index in [1.165, 1.54) is 39.8 Å². The van der Waals surface area contributed by atoms with Crippen molar-refractivity contribution in [3.63, 3.8) is 0 Å². The molecule has 0 aromatic carbocycles. The molecule has 0 amide bonds. The average molecular weight is 791 g/mol. The third-order valence-electron chi connectivity index (χ3n) is 13.4. The van der Waals surface area contributed by atoms with Crippen LogP contribution in [0, 0.1) is 53.3 Å². The molecular weight excluding hydrogens is 716 g/mol. The van der Waals surface area contributed by atoms with E-state index < -0.39 is 89.0 Å². The van der Waals surface area contributed by atoms with Gasteiger partial charge in [0.25, 0.3) is 0 Å². The molecule has 0 aliphatic carbocycles. The smallest absolute Gasteiger partial charge is 0.330 e. The lowest BCUT2D eigenvalue weighted by atomic mass is 9.74. The van der Waals surface area contributed by atoms with Crippen molar-refractivity contribution in [2.45, 2.75) is 175 Å². The van der Waals surface area contributed by atoms with Gasteiger partial charge in [-0.1, -0.05) is 92.7 Å². The van der Waals surface area contributed by atoms with E-state index in [4.69, 9.17) is 14.2 Å². The molecular formula is C45H74O11. The zero-order chi connectivity index (χ0) is 42.3. The van der Waals surface area contributed by atoms with Gasteiger partial charge in [0.2, 0.25) is 0 Å². The molecule has 2 bridgehead atoms. The molecule has 3 heterocycles. The number of fused-ring (bicyclic) bond motifs is 2. The Labute approximate surface area is 336 Å². The second-order valence-corrected chi connectivity index (χ2v) is 18.0. The highest BCUT2D eigenvalue weighted by molar-refractivity contribution is 5.91. The zero-order valence-electron chi connectivity index (χ0n) is 35.8. The Bertz CT molecular complexity index is 1390. The van der Waals surface area contributed by atoms with Gasteiger partial charge in [0.1, 0.15) is 17.5 Å². The van der Waals surface area contributed by atoms with Crippen LogP contribution in [0.2, 0.25) is 0 Å². The molecule has 11 nitrogen and oxygen atoms in total. The third kappa shape index (κ3) is 11.5. The summed E-state index contributed by atoms with van der Waals surface area (Å²) in [6, 6.07) is 0. The zero-order valence-corrected chi connectivity index (χ0v) is 35.8. The van der Waals surface area contributed by atoms with Gasteiger partial charge >= 0.3 is 5.97 Å². The van der Waals surface area contributed by atoms with Crippen LogP contribution >= 0.6 is 0 Å². The molecule has 3 aliphatic rings. The van der Waals surface area contributed by atoms with Crippen molar-refractivity contribution in [1.82, 2.24) is 0 Å². The fourth-order valence-corrected chi connectivity index (χ4v) is 9.01. The maximum atomic E-state index is 13.5. The van der Waals surface area contributed by atoms with E-state index in [0.29, 0.717) is 25.7 Å². The van der Waals surface area contributed by atoms with Crippen molar-refractivity contribution in [3.05, 3.63) is 36.5 Å². The first-order valence-corrected chi connectivity index (χ1v) is 21.2. The van der Waals surface area contributed by atoms with Gasteiger partial charge in [-0.2, -0.15) is 0 Å². The minimum absolute atomic E-state index is 0.168. The standard InChI is InChI=1S/C45H74O11/c1-12-34-17-15-13-14-16-27(4)42(51)44(11,53)43(52)32(9)40(50)31(8)39(49)30(7)38(48)26(3)18-21-37(47)54-41-29(6)35(20-19-34)55-45(33(41)10)23-22-25(2)36(56-45)24-28(5)46/h13-15,17-18,21,25-36,38,40-42,46,48,50-51,53H,12,16,19-20,22-24H2,1-11H3/b14-13+,17-15+,21-18+/t25-,26-,27+,28+,29+,30-,31-,32-,33-,34-,35?,36-,38+,40+,41?,42-,44+,45-/m1/s1. The summed E-state index contributed by atoms with van der Waals surface area (Å²) in [5.41, 5.74) is -2.18. The van der Waals surface area contributed by atoms with E-state index >= 15 is 0 Å². The number of carbonyl (C=O) groups is 3. The summed E-state index contributed by atoms with van der Waals surface area (Å²) in [5.74, 6) is -7.28. The highest BCUT2D eigenvalue weighted by Gasteiger charge is 2.56. The van der Waals surface area contributed by atoms with Crippen LogP contribution in [0.25, 0.3) is 0 Å². The molecule has 5 N–H and O–H groups in total. The number of aliphatic hydroxyl groups excluding tert-OH is 4. The number of hydrogen-bond donors (Lipinski definition) is 5. The molecule has 3 rings (SSSR count). The van der Waals surface area contributed by atoms with Crippen molar-refractivity contribution in [1.29, 1.82) is 0 Å². The first kappa shape index (κ1) is 48.1. The molecule has 1 spiro atoms. The number of hydrogen-bond acceptors (Lipinski definition) is 11. The predicted molar refractivity (Wildman–Crippen MR) is 215 cm³/mol. The average Bonchev–Trinajstić information content (AvgIpc) is 3.16. The lowest BCUT2D eigenvalue weighted by Crippen LogP contribution is -2.62. The Balaban J connectivity index is 1.99. The van der Waals surface area contributed by atoms with Crippen molar-refractivity contribution >= 4 is 17.5 Å². The molecule has 2 saturated heterocycles. The molecule has 0 radical (unpaired) electrons. The summed E-state index contributed by atoms with van der Waals surface area (Å²) in [7, 11) is 0. The fraction of sp³-hybridized carbons (Fsp3) is 0.800. The SMILES string of the molecule is CC[C@@H]1/C=C/C=C/C[C@H](C)[C@@H](O)[C@](C)(O)C(=O)[C@H](C)[C@@H](O)[C@H](C)C(=O)[C@H](C)[C@@H](O)[C@H](C)/C=C/C(=O)OC2[C@@H](C)C(CC1)O[C@@]1(CC[C@@H](C)[C@@H](C[C@H](C)O)O1)[C@@H]2C. The topological polar surface area (TPSA) is 180 Å². The van der Waals surface area contributed by atoms with E-state index in [1.807, 2.05) is 32.1 Å². The number of esters is 1. The number of allylic oxidation sites excluding steroid dienone is 4. The minimum atomic E-state index is -2.18. The van der Waals surface area contributed by atoms with Gasteiger partial charge < -0.3 is 39.7 Å². The van der Waals surface area contributed by atoms with Crippen LogP contribution in [0.3, 0.4) is 0 Å². The number of ether oxygens (including phenoxy) is 3. The van der Waals surface area contributed by atoms with Gasteiger partial charge in [-0.15, -0.1) is 0 Å². The van der Waals surface area contributed by atoms with Crippen LogP contribution in [0.1, 0.15) is 121 Å². The number of Topliss-reactive ketones (excluding diaryl/α,β-unsaturated/α-hetero) is 2. The summed E-state index contributed by atoms with van der Waals surface area (Å²) >= 11 is 0. The van der Waals surface area contributed by atoms with E-state index in [0.717, 1.165) is 19.3 Å². The Morgan fingerprint density at radius 1 is 0.839 bits per heavy atom. The van der Waals surface area contributed by atoms with Crippen LogP contribution in [0.5, 0.6) is 0 Å². The number of carbonyl (C=O) groups excluding carboxylic acids is 3. The minimum Gasteiger partial charge on any atom is -0.458 e. The Morgan fingerprint density at radius 2 is 1.48 bits per heavy atom. The van der Waals surface area contributed by atoms with Crippen LogP contribution in [0.4, 0.5) is 0 Å². The highest BCUT2D eigenvalue weighted by Crippen LogP contribution is 2.49. The summed E-state index contributed by atoms with van der Waals surface area (Å²) in [5, 5.41) is 55.0. The van der Waals surface area contributed by atoms with E-state index in [9.17, 15) is 39.9 Å². The Morgan fingerprint density at radius 3 is 2.11 bits per heavy atom. The predicted octanol–water partition coefficient (Wildman–Crippen LogP) is 5.88. The molecule has 0 aromatic rings. The maximum Gasteiger partial charge on any atom is 0.330 e. The van der Waals surface area contributed by atoms with E-state index in [2.05, 4.69) is 19.9 Å². The van der Waals surface area contributed by atoms with Crippen molar-refractivity contribution < 1.29 is 54.1 Å². The quantitative estimate of drug-likeness (QED) is 0.216. The van der Waals surface area contributed by atoms with Gasteiger partial charge in [0.15, 0.2) is 11.6 Å². The lowest BCUT2D eigenvalue weighted by molar-refractivity contribution is -0.371. The van der Waals surface area contributed by atoms with Crippen LogP contribution in [-0.4, -0.2) is 97.2 Å². The van der Waals surface area contributed by atoms with Crippen LogP contribution in [-0.2, 0) is 28.6 Å². The molecule has 320 valence electrons. The second-order valence-electron chi connectivity index (χ2n) is 18.0. The number of aliphatic hydroxyl groups is 5. The number of ketones is 2. The molecule has 0 saturated carbocycles. The monoisotopic (exact) mass is 791 g/mol. The summed E-state index contributed by atoms with van der Waals surface area (Å²) < 4.78 is 20.0. The third-order valence-corrected chi connectivity index (χ3v) is 13.4. The summed E-state index contributed by atoms with van der Waals surface area (Å²) in [6.07, 6.45) is 9.62. The molecule has 2 fully saturated rings. The maximum absolute atomic E-state index is 13.5. The van der Waals surface area contributed by atoms with Crippen LogP contribution < -0.4 is 0 Å². The largest absolute Gasteiger partial charge is 0.458 e. The second kappa shape index (κ2) is 20.6. The van der Waals surface area contributed by atoms with E-state index in [-0.39, 0.29) is 35.9 Å². The van der Waals surface area contributed by atoms with Gasteiger partial charge in [-0.3, -0.25) is 9.59 Å². The van der Waals surface area contributed by atoms with Gasteiger partial charge in [0, 0.05) is 48.0 Å². The van der Waals surface area contributed by atoms with E-state index in [1.54, 1.807) is 20.8 Å². The first-order chi connectivity index (χ1) is 26.1. The molecule has 11 heteroatoms. The van der Waals surface area contributed by atoms with Crippen molar-refractivity contribution in [2.75, 3.05) is 0 Å². The van der Waals surface area contributed by atoms with Gasteiger partial charge in [-0.25, -0.2) is 4.79 Å². The normalized spacial score (nSPS) is 46.8. The first-order valence-electron chi connectivity index (χ1n) is 21.2. The fourth-order valence-electron chi connectivity index (χ4n) is 9.01. The summed E-state index contributed by atoms with van der Waals surface area (Å²) in [4.78, 5) is 40.5. The van der Waals surface area contributed by atoms with Gasteiger partial charge in [0.05, 0.1) is 36.6 Å². The highest BCUT2D eigenvalue weighted by atomic mass is 16.7. The summed E-state index contributed by atoms with van der Waals surface area (Å²) in [6.45, 7) is 19.1. The Kier molecular flexibility index (Phi) is 17.7. The molecule has 0 aromatic heterocycles. The van der Waals surface area contributed by atoms with Crippen molar-refractivity contribution in [3.8, 4) is 0 Å². The Hall–Kier alpha value is -2.25. The van der Waals surface area contributed by atoms with Crippen molar-refractivity contribution in [2.24, 2.45) is 53.3 Å². The van der Waals surface area contributed by atoms with Gasteiger partial charge in [-0.05, 0) is 70.1 Å². The molecule has 18 atom stereocenters. The lowest BCUT2D eigenvalue weighted by Gasteiger charge is -2.55. The number of rotatable bonds is 3. The molecule has 2 unspecified atom stereocenters. The molecule has 3 aliphatic heterocycles. The molecule has 56 heavy (non-hydrogen) atoms.